The first kappa shape index (κ1) is 42.3. The van der Waals surface area contributed by atoms with Crippen molar-refractivity contribution >= 4 is 33.6 Å². The zero-order valence-electron chi connectivity index (χ0n) is 32.8. The SMILES string of the molecule is COc1ccc(-c2ccc(CCC(=O)O)n2-c2cc(C)c(O)cc2C)cc1.Cc1cc(C(N)=O)ccc1-n1c(CCC(=O)O)ccc1-c1ccc(NS(C)(=O)=O)cc1. The number of hydrogen-bond donors (Lipinski definition) is 5. The average Bonchev–Trinajstić information content (AvgIpc) is 3.79. The Morgan fingerprint density at radius 1 is 0.672 bits per heavy atom. The van der Waals surface area contributed by atoms with Gasteiger partial charge in [-0.15, -0.1) is 0 Å². The van der Waals surface area contributed by atoms with Gasteiger partial charge in [-0.25, -0.2) is 8.42 Å². The van der Waals surface area contributed by atoms with Gasteiger partial charge in [0.15, 0.2) is 0 Å². The highest BCUT2D eigenvalue weighted by Gasteiger charge is 2.18. The third kappa shape index (κ3) is 10.3. The normalized spacial score (nSPS) is 11.1. The van der Waals surface area contributed by atoms with Crippen LogP contribution in [0, 0.1) is 20.8 Å². The molecular weight excluding hydrogens is 761 g/mol. The van der Waals surface area contributed by atoms with Crippen molar-refractivity contribution in [2.24, 2.45) is 5.73 Å². The first-order valence-electron chi connectivity index (χ1n) is 18.2. The largest absolute Gasteiger partial charge is 0.508 e. The molecule has 1 amide bonds. The zero-order valence-corrected chi connectivity index (χ0v) is 33.6. The Hall–Kier alpha value is -6.80. The number of carboxylic acids is 2. The number of nitrogens with one attached hydrogen (secondary N) is 1. The van der Waals surface area contributed by atoms with Gasteiger partial charge in [0.2, 0.25) is 15.9 Å². The molecule has 6 aromatic rings. The van der Waals surface area contributed by atoms with E-state index in [1.807, 2.05) is 79.9 Å². The summed E-state index contributed by atoms with van der Waals surface area (Å²) in [4.78, 5) is 33.7. The van der Waals surface area contributed by atoms with Gasteiger partial charge < -0.3 is 34.9 Å². The second-order valence-corrected chi connectivity index (χ2v) is 15.6. The number of nitrogens with two attached hydrogens (primary N) is 1. The summed E-state index contributed by atoms with van der Waals surface area (Å²) in [5.74, 6) is -1.22. The first-order valence-corrected chi connectivity index (χ1v) is 20.1. The van der Waals surface area contributed by atoms with E-state index in [1.165, 1.54) is 0 Å². The molecule has 0 aliphatic rings. The maximum Gasteiger partial charge on any atom is 0.303 e. The molecule has 0 aliphatic carbocycles. The highest BCUT2D eigenvalue weighted by Crippen LogP contribution is 2.33. The van der Waals surface area contributed by atoms with Crippen LogP contribution in [-0.2, 0) is 32.5 Å². The summed E-state index contributed by atoms with van der Waals surface area (Å²) in [6.45, 7) is 5.64. The number of ether oxygens (including phenoxy) is 1. The number of carbonyl (C=O) groups excluding carboxylic acids is 1. The Labute approximate surface area is 337 Å². The zero-order chi connectivity index (χ0) is 42.3. The van der Waals surface area contributed by atoms with Crippen LogP contribution in [0.5, 0.6) is 11.5 Å². The van der Waals surface area contributed by atoms with Crippen LogP contribution in [0.25, 0.3) is 33.9 Å². The summed E-state index contributed by atoms with van der Waals surface area (Å²) in [5, 5.41) is 28.2. The number of nitrogens with zero attached hydrogens (tertiary/aromatic N) is 2. The number of aromatic hydroxyl groups is 1. The van der Waals surface area contributed by atoms with E-state index < -0.39 is 27.9 Å². The fraction of sp³-hybridized carbons (Fsp3) is 0.205. The summed E-state index contributed by atoms with van der Waals surface area (Å²) >= 11 is 0. The number of phenolic OH excluding ortho intramolecular Hbond substituents is 1. The molecule has 0 saturated heterocycles. The van der Waals surface area contributed by atoms with E-state index in [-0.39, 0.29) is 18.6 Å². The Balaban J connectivity index is 0.000000223. The van der Waals surface area contributed by atoms with Crippen LogP contribution in [0.15, 0.2) is 103 Å². The van der Waals surface area contributed by atoms with E-state index >= 15 is 0 Å². The maximum atomic E-state index is 11.5. The van der Waals surface area contributed by atoms with Crippen LogP contribution in [-0.4, -0.2) is 64.1 Å². The molecule has 0 unspecified atom stereocenters. The highest BCUT2D eigenvalue weighted by atomic mass is 32.2. The molecule has 0 aliphatic heterocycles. The third-order valence-electron chi connectivity index (χ3n) is 9.46. The Morgan fingerprint density at radius 2 is 1.17 bits per heavy atom. The van der Waals surface area contributed by atoms with Gasteiger partial charge in [0.25, 0.3) is 0 Å². The van der Waals surface area contributed by atoms with Gasteiger partial charge in [-0.3, -0.25) is 19.1 Å². The minimum atomic E-state index is -3.38. The van der Waals surface area contributed by atoms with Gasteiger partial charge in [-0.05, 0) is 152 Å². The smallest absolute Gasteiger partial charge is 0.303 e. The van der Waals surface area contributed by atoms with Gasteiger partial charge in [-0.2, -0.15) is 0 Å². The number of carboxylic acid groups (broad SMARTS) is 2. The van der Waals surface area contributed by atoms with Crippen molar-refractivity contribution in [2.45, 2.75) is 46.5 Å². The molecule has 14 heteroatoms. The number of benzene rings is 4. The van der Waals surface area contributed by atoms with Crippen LogP contribution in [0.2, 0.25) is 0 Å². The average molecular weight is 807 g/mol. The van der Waals surface area contributed by atoms with E-state index in [9.17, 15) is 27.9 Å². The number of rotatable bonds is 14. The molecular formula is C44H46N4O9S. The molecule has 58 heavy (non-hydrogen) atoms. The van der Waals surface area contributed by atoms with Crippen molar-refractivity contribution in [3.8, 4) is 45.4 Å². The Kier molecular flexibility index (Phi) is 13.1. The molecule has 0 atom stereocenters. The fourth-order valence-corrected chi connectivity index (χ4v) is 7.17. The minimum absolute atomic E-state index is 0.0287. The van der Waals surface area contributed by atoms with Crippen molar-refractivity contribution in [1.29, 1.82) is 0 Å². The summed E-state index contributed by atoms with van der Waals surface area (Å²) < 4.78 is 34.6. The third-order valence-corrected chi connectivity index (χ3v) is 10.1. The van der Waals surface area contributed by atoms with Crippen molar-refractivity contribution < 1.29 is 42.9 Å². The number of hydrogen-bond acceptors (Lipinski definition) is 7. The van der Waals surface area contributed by atoms with E-state index in [1.54, 1.807) is 55.6 Å². The lowest BCUT2D eigenvalue weighted by atomic mass is 10.1. The van der Waals surface area contributed by atoms with E-state index in [4.69, 9.17) is 20.7 Å². The molecule has 0 saturated carbocycles. The lowest BCUT2D eigenvalue weighted by molar-refractivity contribution is -0.138. The number of sulfonamides is 1. The van der Waals surface area contributed by atoms with Crippen molar-refractivity contribution in [2.75, 3.05) is 18.1 Å². The molecule has 13 nitrogen and oxygen atoms in total. The molecule has 2 heterocycles. The van der Waals surface area contributed by atoms with E-state index in [0.717, 1.165) is 74.0 Å². The molecule has 4 aromatic carbocycles. The minimum Gasteiger partial charge on any atom is -0.508 e. The number of methoxy groups -OCH3 is 1. The predicted molar refractivity (Wildman–Crippen MR) is 224 cm³/mol. The number of primary amides is 1. The maximum absolute atomic E-state index is 11.5. The van der Waals surface area contributed by atoms with Crippen LogP contribution in [0.3, 0.4) is 0 Å². The van der Waals surface area contributed by atoms with Crippen molar-refractivity contribution in [3.63, 3.8) is 0 Å². The van der Waals surface area contributed by atoms with Crippen molar-refractivity contribution in [1.82, 2.24) is 9.13 Å². The van der Waals surface area contributed by atoms with Gasteiger partial charge in [-0.1, -0.05) is 12.1 Å². The van der Waals surface area contributed by atoms with Gasteiger partial charge in [0.05, 0.1) is 37.6 Å². The number of aryl methyl sites for hydroxylation is 5. The molecule has 0 spiro atoms. The van der Waals surface area contributed by atoms with Crippen LogP contribution >= 0.6 is 0 Å². The number of amides is 1. The molecule has 2 aromatic heterocycles. The lowest BCUT2D eigenvalue weighted by Gasteiger charge is -2.17. The van der Waals surface area contributed by atoms with Crippen LogP contribution in [0.4, 0.5) is 5.69 Å². The summed E-state index contributed by atoms with van der Waals surface area (Å²) in [6, 6.07) is 31.1. The van der Waals surface area contributed by atoms with Gasteiger partial charge in [0, 0.05) is 34.0 Å². The summed E-state index contributed by atoms with van der Waals surface area (Å²) in [5.41, 5.74) is 15.7. The Morgan fingerprint density at radius 3 is 1.64 bits per heavy atom. The summed E-state index contributed by atoms with van der Waals surface area (Å²) in [6.07, 6.45) is 1.85. The monoisotopic (exact) mass is 806 g/mol. The molecule has 0 fully saturated rings. The molecule has 302 valence electrons. The van der Waals surface area contributed by atoms with E-state index in [2.05, 4.69) is 9.29 Å². The standard InChI is InChI=1S/C22H23N3O5S.C22H23NO4/c1-14-13-16(22(23)28)5-10-19(14)25-18(9-12-21(26)27)8-11-20(25)15-3-6-17(7-4-15)24-31(2,29)30;1-14-13-21(24)15(2)12-20(14)23-17(7-11-22(25)26)6-10-19(23)16-4-8-18(27-3)9-5-16/h3-8,10-11,13,24H,9,12H2,1-2H3,(H2,23,28)(H,26,27);4-6,8-10,12-13,24H,7,11H2,1-3H3,(H,25,26). The number of carbonyl (C=O) groups is 3. The van der Waals surface area contributed by atoms with E-state index in [0.29, 0.717) is 24.1 Å². The fourth-order valence-electron chi connectivity index (χ4n) is 6.61. The number of anilines is 1. The molecule has 6 rings (SSSR count). The number of phenols is 1. The van der Waals surface area contributed by atoms with Gasteiger partial charge in [0.1, 0.15) is 11.5 Å². The van der Waals surface area contributed by atoms with Crippen LogP contribution < -0.4 is 15.2 Å². The number of aliphatic carboxylic acids is 2. The predicted octanol–water partition coefficient (Wildman–Crippen LogP) is 7.43. The quantitative estimate of drug-likeness (QED) is 0.0742. The highest BCUT2D eigenvalue weighted by molar-refractivity contribution is 7.92. The Bertz CT molecular complexity index is 2570. The molecule has 0 bridgehead atoms. The first-order chi connectivity index (χ1) is 27.4. The molecule has 0 radical (unpaired) electrons. The second-order valence-electron chi connectivity index (χ2n) is 13.8. The molecule has 6 N–H and O–H groups in total. The van der Waals surface area contributed by atoms with Gasteiger partial charge >= 0.3 is 11.9 Å². The summed E-state index contributed by atoms with van der Waals surface area (Å²) in [7, 11) is -1.75. The van der Waals surface area contributed by atoms with Crippen molar-refractivity contribution in [3.05, 3.63) is 137 Å². The van der Waals surface area contributed by atoms with Crippen LogP contribution in [0.1, 0.15) is 51.3 Å². The number of aromatic nitrogens is 2. The lowest BCUT2D eigenvalue weighted by Crippen LogP contribution is -2.12. The second kappa shape index (κ2) is 18.0. The topological polar surface area (TPSA) is 203 Å².